The van der Waals surface area contributed by atoms with Gasteiger partial charge in [0.15, 0.2) is 6.23 Å². The number of ether oxygens (including phenoxy) is 1. The fraction of sp³-hybridized carbons (Fsp3) is 0.538. The first kappa shape index (κ1) is 15.6. The van der Waals surface area contributed by atoms with Crippen molar-refractivity contribution in [2.75, 3.05) is 6.61 Å². The Morgan fingerprint density at radius 3 is 2.76 bits per heavy atom. The Morgan fingerprint density at radius 1 is 1.48 bits per heavy atom. The van der Waals surface area contributed by atoms with Gasteiger partial charge in [-0.25, -0.2) is 0 Å². The monoisotopic (exact) mass is 298 g/mol. The van der Waals surface area contributed by atoms with Crippen molar-refractivity contribution in [3.05, 3.63) is 34.2 Å². The van der Waals surface area contributed by atoms with Crippen molar-refractivity contribution < 1.29 is 25.2 Å². The summed E-state index contributed by atoms with van der Waals surface area (Å²) >= 11 is 0. The van der Waals surface area contributed by atoms with Crippen LogP contribution in [-0.2, 0) is 4.74 Å². The van der Waals surface area contributed by atoms with Crippen molar-refractivity contribution >= 4 is 6.08 Å². The molecule has 116 valence electrons. The highest BCUT2D eigenvalue weighted by Gasteiger charge is 2.43. The number of nitrogens with zero attached hydrogens (tertiary/aromatic N) is 2. The lowest BCUT2D eigenvalue weighted by atomic mass is 10.1. The van der Waals surface area contributed by atoms with E-state index in [0.717, 1.165) is 0 Å². The third-order valence-corrected chi connectivity index (χ3v) is 3.32. The Bertz CT molecular complexity index is 584. The van der Waals surface area contributed by atoms with Gasteiger partial charge in [-0.1, -0.05) is 6.92 Å². The number of aliphatic hydroxyl groups excluding tert-OH is 4. The molecule has 0 saturated carbocycles. The molecular formula is C13H18N2O6. The van der Waals surface area contributed by atoms with E-state index in [0.29, 0.717) is 6.42 Å². The lowest BCUT2D eigenvalue weighted by Crippen LogP contribution is -2.33. The standard InChI is InChI=1S/C13H18N2O6/c1-2-7(17)5-9-14-10(18)3-4-15(9)13-12(20)11(19)8(6-16)21-13/h3-5,8,11-13,16-17,19-20H,2,6H2,1H3/b7-5+/t8-,11-,12-,13-/m1/s1. The van der Waals surface area contributed by atoms with Crippen LogP contribution >= 0.6 is 0 Å². The van der Waals surface area contributed by atoms with E-state index in [-0.39, 0.29) is 11.6 Å². The van der Waals surface area contributed by atoms with E-state index in [1.807, 2.05) is 0 Å². The van der Waals surface area contributed by atoms with Gasteiger partial charge in [0.1, 0.15) is 24.1 Å². The Balaban J connectivity index is 2.42. The summed E-state index contributed by atoms with van der Waals surface area (Å²) in [5.74, 6) is 0.102. The number of hydrogen-bond donors (Lipinski definition) is 4. The van der Waals surface area contributed by atoms with E-state index < -0.39 is 36.7 Å². The van der Waals surface area contributed by atoms with E-state index in [4.69, 9.17) is 9.84 Å². The number of allylic oxidation sites excluding steroid dienone is 1. The Hall–Kier alpha value is -1.74. The molecule has 0 aromatic carbocycles. The molecule has 0 spiro atoms. The smallest absolute Gasteiger partial charge is 0.273 e. The largest absolute Gasteiger partial charge is 0.512 e. The zero-order chi connectivity index (χ0) is 15.6. The van der Waals surface area contributed by atoms with Crippen molar-refractivity contribution in [1.82, 2.24) is 9.55 Å². The molecule has 1 saturated heterocycles. The summed E-state index contributed by atoms with van der Waals surface area (Å²) in [5, 5.41) is 38.5. The van der Waals surface area contributed by atoms with Crippen molar-refractivity contribution in [3.63, 3.8) is 0 Å². The number of hydrogen-bond acceptors (Lipinski definition) is 7. The molecule has 21 heavy (non-hydrogen) atoms. The lowest BCUT2D eigenvalue weighted by molar-refractivity contribution is -0.0537. The van der Waals surface area contributed by atoms with Gasteiger partial charge in [0, 0.05) is 24.8 Å². The Morgan fingerprint density at radius 2 is 2.19 bits per heavy atom. The highest BCUT2D eigenvalue weighted by molar-refractivity contribution is 5.42. The van der Waals surface area contributed by atoms with Gasteiger partial charge < -0.3 is 29.7 Å². The molecule has 0 unspecified atom stereocenters. The molecule has 8 heteroatoms. The van der Waals surface area contributed by atoms with Crippen LogP contribution in [0, 0.1) is 0 Å². The topological polar surface area (TPSA) is 125 Å². The minimum absolute atomic E-state index is 0.00796. The molecule has 1 aromatic heterocycles. The van der Waals surface area contributed by atoms with Crippen LogP contribution in [0.15, 0.2) is 22.8 Å². The molecular weight excluding hydrogens is 280 g/mol. The summed E-state index contributed by atoms with van der Waals surface area (Å²) in [4.78, 5) is 15.1. The molecule has 1 aliphatic rings. The van der Waals surface area contributed by atoms with E-state index in [1.54, 1.807) is 6.92 Å². The zero-order valence-electron chi connectivity index (χ0n) is 11.5. The first-order valence-electron chi connectivity index (χ1n) is 6.59. The van der Waals surface area contributed by atoms with E-state index in [2.05, 4.69) is 4.98 Å². The summed E-state index contributed by atoms with van der Waals surface area (Å²) in [5.41, 5.74) is -0.506. The molecule has 0 amide bonds. The van der Waals surface area contributed by atoms with Crippen LogP contribution in [0.5, 0.6) is 0 Å². The van der Waals surface area contributed by atoms with Crippen LogP contribution in [0.4, 0.5) is 0 Å². The van der Waals surface area contributed by atoms with Crippen LogP contribution < -0.4 is 5.56 Å². The van der Waals surface area contributed by atoms with E-state index in [9.17, 15) is 20.1 Å². The molecule has 2 heterocycles. The summed E-state index contributed by atoms with van der Waals surface area (Å²) in [7, 11) is 0. The first-order chi connectivity index (χ1) is 9.97. The Labute approximate surface area is 120 Å². The van der Waals surface area contributed by atoms with Crippen molar-refractivity contribution in [2.24, 2.45) is 0 Å². The van der Waals surface area contributed by atoms with Crippen LogP contribution in [0.1, 0.15) is 25.4 Å². The maximum Gasteiger partial charge on any atom is 0.273 e. The summed E-state index contributed by atoms with van der Waals surface area (Å²) in [6.07, 6.45) is -1.50. The second kappa shape index (κ2) is 6.35. The zero-order valence-corrected chi connectivity index (χ0v) is 11.5. The summed E-state index contributed by atoms with van der Waals surface area (Å²) in [6, 6.07) is 1.18. The van der Waals surface area contributed by atoms with Gasteiger partial charge in [0.25, 0.3) is 5.56 Å². The number of rotatable bonds is 4. The normalized spacial score (nSPS) is 29.8. The third kappa shape index (κ3) is 3.13. The molecule has 4 N–H and O–H groups in total. The molecule has 1 fully saturated rings. The quantitative estimate of drug-likeness (QED) is 0.534. The minimum Gasteiger partial charge on any atom is -0.512 e. The summed E-state index contributed by atoms with van der Waals surface area (Å²) in [6.45, 7) is 1.28. The second-order valence-corrected chi connectivity index (χ2v) is 4.75. The molecule has 8 nitrogen and oxygen atoms in total. The highest BCUT2D eigenvalue weighted by atomic mass is 16.6. The van der Waals surface area contributed by atoms with Crippen LogP contribution in [0.2, 0.25) is 0 Å². The number of aliphatic hydroxyl groups is 4. The van der Waals surface area contributed by atoms with Gasteiger partial charge in [-0.3, -0.25) is 4.79 Å². The van der Waals surface area contributed by atoms with Crippen molar-refractivity contribution in [1.29, 1.82) is 0 Å². The third-order valence-electron chi connectivity index (χ3n) is 3.32. The second-order valence-electron chi connectivity index (χ2n) is 4.75. The lowest BCUT2D eigenvalue weighted by Gasteiger charge is -2.20. The molecule has 0 radical (unpaired) electrons. The average molecular weight is 298 g/mol. The maximum absolute atomic E-state index is 11.4. The fourth-order valence-electron chi connectivity index (χ4n) is 2.11. The van der Waals surface area contributed by atoms with Gasteiger partial charge in [-0.15, -0.1) is 0 Å². The molecule has 4 atom stereocenters. The van der Waals surface area contributed by atoms with Gasteiger partial charge in [-0.05, 0) is 0 Å². The van der Waals surface area contributed by atoms with Crippen molar-refractivity contribution in [3.8, 4) is 0 Å². The van der Waals surface area contributed by atoms with E-state index in [1.165, 1.54) is 22.9 Å². The van der Waals surface area contributed by atoms with Gasteiger partial charge in [-0.2, -0.15) is 4.98 Å². The molecule has 0 bridgehead atoms. The predicted molar refractivity (Wildman–Crippen MR) is 72.4 cm³/mol. The first-order valence-corrected chi connectivity index (χ1v) is 6.59. The van der Waals surface area contributed by atoms with Crippen LogP contribution in [0.25, 0.3) is 6.08 Å². The molecule has 0 aliphatic carbocycles. The van der Waals surface area contributed by atoms with Gasteiger partial charge >= 0.3 is 0 Å². The highest BCUT2D eigenvalue weighted by Crippen LogP contribution is 2.29. The maximum atomic E-state index is 11.4. The summed E-state index contributed by atoms with van der Waals surface area (Å²) < 4.78 is 6.71. The fourth-order valence-corrected chi connectivity index (χ4v) is 2.11. The van der Waals surface area contributed by atoms with Crippen LogP contribution in [0.3, 0.4) is 0 Å². The van der Waals surface area contributed by atoms with Crippen LogP contribution in [-0.4, -0.2) is 54.9 Å². The molecule has 1 aromatic rings. The SMILES string of the molecule is CC/C(O)=C\c1nc(=O)ccn1[C@@H]1O[C@H](CO)[C@@H](O)[C@H]1O. The number of aromatic nitrogens is 2. The van der Waals surface area contributed by atoms with E-state index >= 15 is 0 Å². The van der Waals surface area contributed by atoms with Gasteiger partial charge in [0.05, 0.1) is 12.4 Å². The Kier molecular flexibility index (Phi) is 4.73. The molecule has 2 rings (SSSR count). The molecule has 1 aliphatic heterocycles. The van der Waals surface area contributed by atoms with Crippen molar-refractivity contribution in [2.45, 2.75) is 37.9 Å². The average Bonchev–Trinajstić information content (AvgIpc) is 2.75. The minimum atomic E-state index is -1.29. The van der Waals surface area contributed by atoms with Gasteiger partial charge in [0.2, 0.25) is 0 Å². The predicted octanol–water partition coefficient (Wildman–Crippen LogP) is -0.836.